The van der Waals surface area contributed by atoms with Gasteiger partial charge in [-0.1, -0.05) is 31.4 Å². The Morgan fingerprint density at radius 3 is 2.64 bits per heavy atom. The Kier molecular flexibility index (Phi) is 6.25. The highest BCUT2D eigenvalue weighted by Crippen LogP contribution is 2.33. The lowest BCUT2D eigenvalue weighted by atomic mass is 9.81. The van der Waals surface area contributed by atoms with Gasteiger partial charge in [0.25, 0.3) is 0 Å². The van der Waals surface area contributed by atoms with E-state index in [2.05, 4.69) is 11.4 Å². The molecule has 1 N–H and O–H groups in total. The predicted molar refractivity (Wildman–Crippen MR) is 87.8 cm³/mol. The minimum absolute atomic E-state index is 0.120. The Morgan fingerprint density at radius 1 is 1.18 bits per heavy atom. The summed E-state index contributed by atoms with van der Waals surface area (Å²) in [6.45, 7) is 5.56. The third-order valence-corrected chi connectivity index (χ3v) is 4.16. The Labute approximate surface area is 133 Å². The third-order valence-electron chi connectivity index (χ3n) is 4.16. The van der Waals surface area contributed by atoms with E-state index >= 15 is 0 Å². The largest absolute Gasteiger partial charge is 0.464 e. The highest BCUT2D eigenvalue weighted by molar-refractivity contribution is 5.84. The van der Waals surface area contributed by atoms with Crippen molar-refractivity contribution in [1.82, 2.24) is 0 Å². The molecule has 1 aromatic carbocycles. The third kappa shape index (κ3) is 4.23. The highest BCUT2D eigenvalue weighted by Gasteiger charge is 2.40. The van der Waals surface area contributed by atoms with Gasteiger partial charge in [0.1, 0.15) is 5.54 Å². The van der Waals surface area contributed by atoms with Crippen LogP contribution in [0.5, 0.6) is 0 Å². The second-order valence-corrected chi connectivity index (χ2v) is 5.83. The minimum atomic E-state index is -0.571. The molecule has 4 nitrogen and oxygen atoms in total. The molecule has 0 amide bonds. The molecule has 0 aromatic heterocycles. The van der Waals surface area contributed by atoms with Crippen molar-refractivity contribution in [2.24, 2.45) is 0 Å². The first-order valence-electron chi connectivity index (χ1n) is 8.32. The molecule has 0 spiro atoms. The maximum absolute atomic E-state index is 12.5. The van der Waals surface area contributed by atoms with E-state index in [1.807, 2.05) is 32.0 Å². The van der Waals surface area contributed by atoms with Gasteiger partial charge >= 0.3 is 5.97 Å². The number of hydrogen-bond donors (Lipinski definition) is 1. The fraction of sp³-hybridized carbons (Fsp3) is 0.611. The van der Waals surface area contributed by atoms with E-state index in [0.717, 1.165) is 36.9 Å². The molecule has 0 heterocycles. The van der Waals surface area contributed by atoms with E-state index in [-0.39, 0.29) is 5.97 Å². The molecule has 0 radical (unpaired) electrons. The van der Waals surface area contributed by atoms with E-state index in [1.54, 1.807) is 0 Å². The number of anilines is 1. The molecule has 0 aliphatic heterocycles. The van der Waals surface area contributed by atoms with E-state index in [4.69, 9.17) is 9.47 Å². The van der Waals surface area contributed by atoms with Crippen molar-refractivity contribution in [3.05, 3.63) is 29.8 Å². The number of carbonyl (C=O) groups excluding carboxylic acids is 1. The van der Waals surface area contributed by atoms with Gasteiger partial charge in [0.2, 0.25) is 0 Å². The molecule has 1 fully saturated rings. The average molecular weight is 305 g/mol. The first kappa shape index (κ1) is 16.8. The van der Waals surface area contributed by atoms with Crippen LogP contribution in [0.3, 0.4) is 0 Å². The summed E-state index contributed by atoms with van der Waals surface area (Å²) >= 11 is 0. The number of ether oxygens (including phenoxy) is 2. The van der Waals surface area contributed by atoms with Crippen LogP contribution in [0.4, 0.5) is 5.69 Å². The summed E-state index contributed by atoms with van der Waals surface area (Å²) in [6.07, 6.45) is 4.98. The van der Waals surface area contributed by atoms with Crippen molar-refractivity contribution in [3.8, 4) is 0 Å². The smallest absolute Gasteiger partial charge is 0.331 e. The summed E-state index contributed by atoms with van der Waals surface area (Å²) < 4.78 is 10.8. The molecule has 22 heavy (non-hydrogen) atoms. The molecule has 0 atom stereocenters. The summed E-state index contributed by atoms with van der Waals surface area (Å²) in [7, 11) is 0. The number of benzene rings is 1. The first-order valence-corrected chi connectivity index (χ1v) is 8.32. The summed E-state index contributed by atoms with van der Waals surface area (Å²) in [6, 6.07) is 8.10. The molecule has 0 unspecified atom stereocenters. The van der Waals surface area contributed by atoms with Crippen LogP contribution in [0.25, 0.3) is 0 Å². The van der Waals surface area contributed by atoms with Crippen molar-refractivity contribution < 1.29 is 14.3 Å². The maximum Gasteiger partial charge on any atom is 0.331 e. The first-order chi connectivity index (χ1) is 10.7. The van der Waals surface area contributed by atoms with E-state index in [9.17, 15) is 4.79 Å². The zero-order valence-electron chi connectivity index (χ0n) is 13.7. The average Bonchev–Trinajstić information content (AvgIpc) is 2.54. The summed E-state index contributed by atoms with van der Waals surface area (Å²) in [5, 5.41) is 3.47. The number of rotatable bonds is 7. The van der Waals surface area contributed by atoms with Crippen LogP contribution in [0.15, 0.2) is 24.3 Å². The van der Waals surface area contributed by atoms with Gasteiger partial charge in [-0.3, -0.25) is 0 Å². The number of hydrogen-bond acceptors (Lipinski definition) is 4. The van der Waals surface area contributed by atoms with Gasteiger partial charge in [0, 0.05) is 12.3 Å². The molecule has 122 valence electrons. The Balaban J connectivity index is 2.14. The van der Waals surface area contributed by atoms with Crippen LogP contribution in [-0.2, 0) is 20.9 Å². The normalized spacial score (nSPS) is 17.0. The van der Waals surface area contributed by atoms with E-state index < -0.39 is 5.54 Å². The van der Waals surface area contributed by atoms with Crippen molar-refractivity contribution >= 4 is 11.7 Å². The fourth-order valence-electron chi connectivity index (χ4n) is 3.04. The molecule has 1 aliphatic carbocycles. The monoisotopic (exact) mass is 305 g/mol. The molecule has 0 saturated heterocycles. The van der Waals surface area contributed by atoms with Crippen molar-refractivity contribution in [3.63, 3.8) is 0 Å². The van der Waals surface area contributed by atoms with Gasteiger partial charge in [-0.05, 0) is 44.4 Å². The molecule has 2 rings (SSSR count). The van der Waals surface area contributed by atoms with Crippen LogP contribution in [0.1, 0.15) is 51.5 Å². The highest BCUT2D eigenvalue weighted by atomic mass is 16.5. The number of esters is 1. The summed E-state index contributed by atoms with van der Waals surface area (Å²) in [5.74, 6) is -0.120. The molecule has 0 bridgehead atoms. The second kappa shape index (κ2) is 8.18. The van der Waals surface area contributed by atoms with Crippen molar-refractivity contribution in [1.29, 1.82) is 0 Å². The molecule has 1 aromatic rings. The van der Waals surface area contributed by atoms with Gasteiger partial charge in [-0.25, -0.2) is 4.79 Å². The molecule has 1 saturated carbocycles. The molecular formula is C18H27NO3. The van der Waals surface area contributed by atoms with Crippen molar-refractivity contribution in [2.75, 3.05) is 18.5 Å². The quantitative estimate of drug-likeness (QED) is 0.776. The SMILES string of the molecule is CCOCc1cccc(NC2(C(=O)OCC)CCCCC2)c1. The molecule has 4 heteroatoms. The predicted octanol–water partition coefficient (Wildman–Crippen LogP) is 3.90. The maximum atomic E-state index is 12.5. The van der Waals surface area contributed by atoms with Gasteiger partial charge in [-0.15, -0.1) is 0 Å². The molecular weight excluding hydrogens is 278 g/mol. The fourth-order valence-corrected chi connectivity index (χ4v) is 3.04. The van der Waals surface area contributed by atoms with Gasteiger partial charge in [0.05, 0.1) is 13.2 Å². The number of carbonyl (C=O) groups is 1. The van der Waals surface area contributed by atoms with Crippen LogP contribution in [0.2, 0.25) is 0 Å². The van der Waals surface area contributed by atoms with Crippen molar-refractivity contribution in [2.45, 2.75) is 58.1 Å². The Bertz CT molecular complexity index is 481. The van der Waals surface area contributed by atoms with Crippen LogP contribution in [0, 0.1) is 0 Å². The second-order valence-electron chi connectivity index (χ2n) is 5.83. The van der Waals surface area contributed by atoms with Crippen LogP contribution < -0.4 is 5.32 Å². The number of nitrogens with one attached hydrogen (secondary N) is 1. The zero-order chi connectivity index (χ0) is 15.8. The van der Waals surface area contributed by atoms with E-state index in [1.165, 1.54) is 6.42 Å². The topological polar surface area (TPSA) is 47.6 Å². The lowest BCUT2D eigenvalue weighted by Crippen LogP contribution is -2.49. The van der Waals surface area contributed by atoms with Crippen LogP contribution in [-0.4, -0.2) is 24.7 Å². The Morgan fingerprint density at radius 2 is 1.95 bits per heavy atom. The van der Waals surface area contributed by atoms with Gasteiger partial charge in [0.15, 0.2) is 0 Å². The van der Waals surface area contributed by atoms with Gasteiger partial charge < -0.3 is 14.8 Å². The standard InChI is InChI=1S/C18H27NO3/c1-3-21-14-15-9-8-10-16(13-15)19-18(17(20)22-4-2)11-6-5-7-12-18/h8-10,13,19H,3-7,11-12,14H2,1-2H3. The van der Waals surface area contributed by atoms with E-state index in [0.29, 0.717) is 19.8 Å². The molecule has 1 aliphatic rings. The lowest BCUT2D eigenvalue weighted by Gasteiger charge is -2.36. The summed E-state index contributed by atoms with van der Waals surface area (Å²) in [5.41, 5.74) is 1.51. The summed E-state index contributed by atoms with van der Waals surface area (Å²) in [4.78, 5) is 12.5. The lowest BCUT2D eigenvalue weighted by molar-refractivity contribution is -0.149. The Hall–Kier alpha value is -1.55. The van der Waals surface area contributed by atoms with Gasteiger partial charge in [-0.2, -0.15) is 0 Å². The zero-order valence-corrected chi connectivity index (χ0v) is 13.7. The van der Waals surface area contributed by atoms with Crippen LogP contribution >= 0.6 is 0 Å². The minimum Gasteiger partial charge on any atom is -0.464 e.